The van der Waals surface area contributed by atoms with Crippen LogP contribution in [0.1, 0.15) is 6.92 Å². The number of carbonyl (C=O) groups is 1. The third-order valence-corrected chi connectivity index (χ3v) is 3.75. The Kier molecular flexibility index (Phi) is 5.01. The van der Waals surface area contributed by atoms with Gasteiger partial charge in [-0.15, -0.1) is 5.10 Å². The second kappa shape index (κ2) is 6.96. The summed E-state index contributed by atoms with van der Waals surface area (Å²) in [7, 11) is 1.41. The predicted molar refractivity (Wildman–Crippen MR) is 84.4 cm³/mol. The highest BCUT2D eigenvalue weighted by Gasteiger charge is 2.20. The normalized spacial score (nSPS) is 11.7. The number of ether oxygens (including phenoxy) is 1. The number of thioether (sulfide) groups is 1. The maximum Gasteiger partial charge on any atom is 0.271 e. The van der Waals surface area contributed by atoms with Crippen LogP contribution in [0.3, 0.4) is 0 Å². The average Bonchev–Trinajstić information content (AvgIpc) is 2.92. The number of hydrogen-bond acceptors (Lipinski definition) is 8. The molecule has 0 fully saturated rings. The number of benzene rings is 1. The van der Waals surface area contributed by atoms with E-state index in [0.717, 1.165) is 11.8 Å². The first kappa shape index (κ1) is 16.5. The fraction of sp³-hybridized carbons (Fsp3) is 0.250. The van der Waals surface area contributed by atoms with Gasteiger partial charge in [0.2, 0.25) is 17.0 Å². The summed E-state index contributed by atoms with van der Waals surface area (Å²) in [5.41, 5.74) is 5.48. The first-order valence-electron chi connectivity index (χ1n) is 6.38. The molecule has 11 heteroatoms. The first-order chi connectivity index (χ1) is 10.9. The van der Waals surface area contributed by atoms with E-state index in [4.69, 9.17) is 10.5 Å². The van der Waals surface area contributed by atoms with Crippen LogP contribution in [0.4, 0.5) is 17.3 Å². The van der Waals surface area contributed by atoms with Gasteiger partial charge in [-0.2, -0.15) is 4.98 Å². The summed E-state index contributed by atoms with van der Waals surface area (Å²) in [5, 5.41) is 19.5. The van der Waals surface area contributed by atoms with Crippen molar-refractivity contribution in [2.24, 2.45) is 0 Å². The van der Waals surface area contributed by atoms with Crippen LogP contribution in [0.2, 0.25) is 0 Å². The number of nitrogens with two attached hydrogens (primary N) is 1. The molecule has 1 amide bonds. The summed E-state index contributed by atoms with van der Waals surface area (Å²) < 4.78 is 5.09. The van der Waals surface area contributed by atoms with Gasteiger partial charge < -0.3 is 15.8 Å². The van der Waals surface area contributed by atoms with Gasteiger partial charge >= 0.3 is 0 Å². The number of methoxy groups -OCH3 is 1. The lowest BCUT2D eigenvalue weighted by Crippen LogP contribution is -2.23. The largest absolute Gasteiger partial charge is 0.495 e. The summed E-state index contributed by atoms with van der Waals surface area (Å²) in [6.45, 7) is 1.65. The molecule has 1 heterocycles. The van der Waals surface area contributed by atoms with Gasteiger partial charge in [0, 0.05) is 12.1 Å². The first-order valence-corrected chi connectivity index (χ1v) is 7.26. The number of hydrogen-bond donors (Lipinski definition) is 3. The maximum atomic E-state index is 12.2. The highest BCUT2D eigenvalue weighted by atomic mass is 32.2. The number of amides is 1. The molecule has 1 aromatic heterocycles. The zero-order valence-electron chi connectivity index (χ0n) is 12.3. The van der Waals surface area contributed by atoms with E-state index >= 15 is 0 Å². The maximum absolute atomic E-state index is 12.2. The molecule has 0 saturated carbocycles. The van der Waals surface area contributed by atoms with E-state index < -0.39 is 10.2 Å². The van der Waals surface area contributed by atoms with Gasteiger partial charge in [-0.3, -0.25) is 14.9 Å². The van der Waals surface area contributed by atoms with Crippen molar-refractivity contribution in [3.8, 4) is 5.75 Å². The van der Waals surface area contributed by atoms with Crippen LogP contribution in [0, 0.1) is 10.1 Å². The molecule has 0 radical (unpaired) electrons. The molecule has 1 atom stereocenters. The van der Waals surface area contributed by atoms with E-state index in [1.165, 1.54) is 25.3 Å². The number of H-pyrrole nitrogens is 1. The van der Waals surface area contributed by atoms with Crippen LogP contribution in [0.25, 0.3) is 0 Å². The Labute approximate surface area is 135 Å². The van der Waals surface area contributed by atoms with Gasteiger partial charge in [-0.25, -0.2) is 5.10 Å². The monoisotopic (exact) mass is 338 g/mol. The molecule has 23 heavy (non-hydrogen) atoms. The van der Waals surface area contributed by atoms with E-state index in [1.54, 1.807) is 6.92 Å². The third kappa shape index (κ3) is 4.10. The van der Waals surface area contributed by atoms with Gasteiger partial charge in [-0.05, 0) is 13.0 Å². The quantitative estimate of drug-likeness (QED) is 0.406. The Morgan fingerprint density at radius 2 is 2.30 bits per heavy atom. The summed E-state index contributed by atoms with van der Waals surface area (Å²) in [4.78, 5) is 26.4. The lowest BCUT2D eigenvalue weighted by molar-refractivity contribution is -0.384. The minimum absolute atomic E-state index is 0.150. The van der Waals surface area contributed by atoms with Crippen molar-refractivity contribution in [1.82, 2.24) is 15.2 Å². The average molecular weight is 338 g/mol. The molecular weight excluding hydrogens is 324 g/mol. The molecule has 1 unspecified atom stereocenters. The summed E-state index contributed by atoms with van der Waals surface area (Å²) in [5.74, 6) is 0.0981. The number of nitro groups is 1. The van der Waals surface area contributed by atoms with Gasteiger partial charge in [0.1, 0.15) is 5.75 Å². The van der Waals surface area contributed by atoms with Crippen LogP contribution in [0.15, 0.2) is 23.4 Å². The molecule has 0 saturated heterocycles. The summed E-state index contributed by atoms with van der Waals surface area (Å²) >= 11 is 1.10. The second-order valence-electron chi connectivity index (χ2n) is 4.39. The Balaban J connectivity index is 2.12. The van der Waals surface area contributed by atoms with Crippen molar-refractivity contribution in [3.05, 3.63) is 28.3 Å². The molecule has 4 N–H and O–H groups in total. The molecule has 0 bridgehead atoms. The SMILES string of the molecule is COc1ccc([N+](=O)[O-])cc1NC(=O)C(C)Sc1n[nH]c(N)n1. The lowest BCUT2D eigenvalue weighted by atomic mass is 10.2. The van der Waals surface area contributed by atoms with Crippen LogP contribution >= 0.6 is 11.8 Å². The standard InChI is InChI=1S/C12H14N6O4S/c1-6(23-12-15-11(13)16-17-12)10(19)14-8-5-7(18(20)21)3-4-9(8)22-2/h3-6H,1-2H3,(H,14,19)(H3,13,15,16,17). The Morgan fingerprint density at radius 1 is 1.57 bits per heavy atom. The molecule has 10 nitrogen and oxygen atoms in total. The number of anilines is 2. The van der Waals surface area contributed by atoms with Gasteiger partial charge in [-0.1, -0.05) is 11.8 Å². The molecule has 2 aromatic rings. The van der Waals surface area contributed by atoms with Crippen LogP contribution in [0.5, 0.6) is 5.75 Å². The number of nitrogens with zero attached hydrogens (tertiary/aromatic N) is 3. The fourth-order valence-corrected chi connectivity index (χ4v) is 2.40. The number of nitrogens with one attached hydrogen (secondary N) is 2. The van der Waals surface area contributed by atoms with E-state index in [1.807, 2.05) is 0 Å². The van der Waals surface area contributed by atoms with Crippen molar-refractivity contribution in [1.29, 1.82) is 0 Å². The molecule has 1 aromatic carbocycles. The van der Waals surface area contributed by atoms with E-state index in [9.17, 15) is 14.9 Å². The Bertz CT molecular complexity index is 734. The minimum atomic E-state index is -0.552. The molecule has 2 rings (SSSR count). The predicted octanol–water partition coefficient (Wildman–Crippen LogP) is 1.42. The molecular formula is C12H14N6O4S. The highest BCUT2D eigenvalue weighted by molar-refractivity contribution is 8.00. The van der Waals surface area contributed by atoms with E-state index in [-0.39, 0.29) is 23.2 Å². The fourth-order valence-electron chi connectivity index (χ4n) is 1.66. The van der Waals surface area contributed by atoms with E-state index in [0.29, 0.717) is 10.9 Å². The number of aromatic amines is 1. The molecule has 122 valence electrons. The smallest absolute Gasteiger partial charge is 0.271 e. The number of carbonyl (C=O) groups excluding carboxylic acids is 1. The van der Waals surface area contributed by atoms with Crippen LogP contribution in [-0.4, -0.2) is 38.4 Å². The zero-order valence-corrected chi connectivity index (χ0v) is 13.1. The molecule has 0 spiro atoms. The number of non-ortho nitro benzene ring substituents is 1. The van der Waals surface area contributed by atoms with Crippen molar-refractivity contribution < 1.29 is 14.5 Å². The van der Waals surface area contributed by atoms with Crippen molar-refractivity contribution in [2.75, 3.05) is 18.2 Å². The molecule has 0 aliphatic carbocycles. The Hall–Kier alpha value is -2.82. The number of nitro benzene ring substituents is 1. The summed E-state index contributed by atoms with van der Waals surface area (Å²) in [6, 6.07) is 3.95. The topological polar surface area (TPSA) is 149 Å². The zero-order chi connectivity index (χ0) is 17.0. The van der Waals surface area contributed by atoms with Crippen LogP contribution in [-0.2, 0) is 4.79 Å². The highest BCUT2D eigenvalue weighted by Crippen LogP contribution is 2.30. The van der Waals surface area contributed by atoms with Gasteiger partial charge in [0.05, 0.1) is 23.0 Å². The number of nitrogen functional groups attached to an aromatic ring is 1. The van der Waals surface area contributed by atoms with E-state index in [2.05, 4.69) is 20.5 Å². The lowest BCUT2D eigenvalue weighted by Gasteiger charge is -2.12. The van der Waals surface area contributed by atoms with Crippen LogP contribution < -0.4 is 15.8 Å². The Morgan fingerprint density at radius 3 is 2.87 bits per heavy atom. The van der Waals surface area contributed by atoms with Crippen molar-refractivity contribution in [2.45, 2.75) is 17.3 Å². The molecule has 0 aliphatic heterocycles. The van der Waals surface area contributed by atoms with Crippen molar-refractivity contribution in [3.63, 3.8) is 0 Å². The number of aromatic nitrogens is 3. The van der Waals surface area contributed by atoms with Crippen molar-refractivity contribution >= 4 is 35.0 Å². The molecule has 0 aliphatic rings. The number of rotatable bonds is 6. The third-order valence-electron chi connectivity index (χ3n) is 2.79. The van der Waals surface area contributed by atoms with Gasteiger partial charge in [0.25, 0.3) is 5.69 Å². The minimum Gasteiger partial charge on any atom is -0.495 e. The second-order valence-corrected chi connectivity index (χ2v) is 5.70. The summed E-state index contributed by atoms with van der Waals surface area (Å²) in [6.07, 6.45) is 0. The van der Waals surface area contributed by atoms with Gasteiger partial charge in [0.15, 0.2) is 0 Å².